The predicted molar refractivity (Wildman–Crippen MR) is 116 cm³/mol. The van der Waals surface area contributed by atoms with Crippen molar-refractivity contribution < 1.29 is 26.8 Å². The molecular weight excluding hydrogens is 457 g/mol. The minimum atomic E-state index is -4.57. The van der Waals surface area contributed by atoms with E-state index in [-0.39, 0.29) is 35.1 Å². The highest BCUT2D eigenvalue weighted by Crippen LogP contribution is 2.34. The standard InChI is InChI=1S/C22H23F3N4O3S/c1-14-5-2-3-9-29(14)19-11-18(22(23,24)25)27-21(28-19)33-13-16-7-8-17(32-16)20(30)26-12-15-6-4-10-31-15/h4,6-8,10-11,14H,2-3,5,9,12-13H2,1H3,(H,26,30). The number of amides is 1. The van der Waals surface area contributed by atoms with Crippen LogP contribution in [0.4, 0.5) is 19.0 Å². The largest absolute Gasteiger partial charge is 0.467 e. The Hall–Kier alpha value is -2.95. The highest BCUT2D eigenvalue weighted by molar-refractivity contribution is 7.98. The fraction of sp³-hybridized carbons (Fsp3) is 0.409. The second kappa shape index (κ2) is 9.90. The summed E-state index contributed by atoms with van der Waals surface area (Å²) in [7, 11) is 0. The van der Waals surface area contributed by atoms with Gasteiger partial charge in [-0.05, 0) is 50.5 Å². The molecule has 1 N–H and O–H groups in total. The molecule has 11 heteroatoms. The second-order valence-electron chi connectivity index (χ2n) is 7.75. The summed E-state index contributed by atoms with van der Waals surface area (Å²) in [5.41, 5.74) is -0.967. The third-order valence-corrected chi connectivity index (χ3v) is 6.18. The normalized spacial score (nSPS) is 16.7. The molecule has 0 spiro atoms. The number of carbonyl (C=O) groups is 1. The number of rotatable bonds is 7. The first kappa shape index (κ1) is 23.2. The Bertz CT molecular complexity index is 1080. The summed E-state index contributed by atoms with van der Waals surface area (Å²) in [6.45, 7) is 2.86. The van der Waals surface area contributed by atoms with Crippen LogP contribution in [0.5, 0.6) is 0 Å². The molecule has 1 aliphatic rings. The van der Waals surface area contributed by atoms with E-state index in [9.17, 15) is 18.0 Å². The minimum absolute atomic E-state index is 0.0119. The maximum Gasteiger partial charge on any atom is 0.433 e. The Morgan fingerprint density at radius 2 is 2.09 bits per heavy atom. The minimum Gasteiger partial charge on any atom is -0.467 e. The van der Waals surface area contributed by atoms with E-state index in [1.54, 1.807) is 18.2 Å². The lowest BCUT2D eigenvalue weighted by atomic mass is 10.0. The van der Waals surface area contributed by atoms with Gasteiger partial charge in [0.15, 0.2) is 16.6 Å². The summed E-state index contributed by atoms with van der Waals surface area (Å²) in [4.78, 5) is 22.2. The zero-order chi connectivity index (χ0) is 23.4. The third-order valence-electron chi connectivity index (χ3n) is 5.31. The number of hydrogen-bond donors (Lipinski definition) is 1. The van der Waals surface area contributed by atoms with Gasteiger partial charge in [-0.15, -0.1) is 0 Å². The fourth-order valence-electron chi connectivity index (χ4n) is 3.59. The van der Waals surface area contributed by atoms with Crippen LogP contribution >= 0.6 is 11.8 Å². The maximum atomic E-state index is 13.5. The summed E-state index contributed by atoms with van der Waals surface area (Å²) in [5.74, 6) is 1.18. The summed E-state index contributed by atoms with van der Waals surface area (Å²) in [5, 5.41) is 2.68. The Balaban J connectivity index is 1.44. The molecular formula is C22H23F3N4O3S. The van der Waals surface area contributed by atoms with Gasteiger partial charge in [0.1, 0.15) is 17.3 Å². The number of nitrogens with one attached hydrogen (secondary N) is 1. The molecule has 0 radical (unpaired) electrons. The van der Waals surface area contributed by atoms with Crippen molar-refractivity contribution in [2.45, 2.75) is 55.9 Å². The van der Waals surface area contributed by atoms with Crippen molar-refractivity contribution in [1.29, 1.82) is 0 Å². The van der Waals surface area contributed by atoms with Crippen LogP contribution in [0.15, 0.2) is 50.6 Å². The lowest BCUT2D eigenvalue weighted by Crippen LogP contribution is -2.38. The molecule has 176 valence electrons. The quantitative estimate of drug-likeness (QED) is 0.364. The van der Waals surface area contributed by atoms with Crippen LogP contribution in [0, 0.1) is 0 Å². The summed E-state index contributed by atoms with van der Waals surface area (Å²) in [6, 6.07) is 7.70. The van der Waals surface area contributed by atoms with E-state index < -0.39 is 17.8 Å². The zero-order valence-corrected chi connectivity index (χ0v) is 18.7. The molecule has 1 fully saturated rings. The van der Waals surface area contributed by atoms with Gasteiger partial charge in [0.2, 0.25) is 0 Å². The average Bonchev–Trinajstić information content (AvgIpc) is 3.48. The molecule has 1 amide bonds. The Morgan fingerprint density at radius 3 is 2.82 bits per heavy atom. The molecule has 1 atom stereocenters. The van der Waals surface area contributed by atoms with E-state index in [4.69, 9.17) is 8.83 Å². The van der Waals surface area contributed by atoms with E-state index in [0.717, 1.165) is 37.1 Å². The molecule has 3 aromatic rings. The zero-order valence-electron chi connectivity index (χ0n) is 17.9. The van der Waals surface area contributed by atoms with Gasteiger partial charge >= 0.3 is 6.18 Å². The van der Waals surface area contributed by atoms with Crippen molar-refractivity contribution in [3.63, 3.8) is 0 Å². The van der Waals surface area contributed by atoms with Gasteiger partial charge in [0, 0.05) is 18.7 Å². The smallest absolute Gasteiger partial charge is 0.433 e. The molecule has 4 heterocycles. The molecule has 3 aromatic heterocycles. The van der Waals surface area contributed by atoms with Gasteiger partial charge in [-0.1, -0.05) is 11.8 Å². The summed E-state index contributed by atoms with van der Waals surface area (Å²) < 4.78 is 51.1. The first-order chi connectivity index (χ1) is 15.8. The number of halogens is 3. The van der Waals surface area contributed by atoms with E-state index >= 15 is 0 Å². The van der Waals surface area contributed by atoms with Crippen LogP contribution in [0.25, 0.3) is 0 Å². The van der Waals surface area contributed by atoms with Crippen LogP contribution in [0.3, 0.4) is 0 Å². The van der Waals surface area contributed by atoms with Crippen LogP contribution < -0.4 is 10.2 Å². The fourth-order valence-corrected chi connectivity index (χ4v) is 4.34. The van der Waals surface area contributed by atoms with Crippen molar-refractivity contribution in [2.24, 2.45) is 0 Å². The average molecular weight is 481 g/mol. The van der Waals surface area contributed by atoms with E-state index in [2.05, 4.69) is 15.3 Å². The Morgan fingerprint density at radius 1 is 1.24 bits per heavy atom. The van der Waals surface area contributed by atoms with Gasteiger partial charge in [-0.25, -0.2) is 9.97 Å². The number of furan rings is 2. The van der Waals surface area contributed by atoms with Crippen molar-refractivity contribution in [1.82, 2.24) is 15.3 Å². The van der Waals surface area contributed by atoms with Gasteiger partial charge in [0.05, 0.1) is 18.6 Å². The molecule has 0 bridgehead atoms. The maximum absolute atomic E-state index is 13.5. The van der Waals surface area contributed by atoms with Crippen molar-refractivity contribution in [3.05, 3.63) is 59.6 Å². The Labute approximate surface area is 192 Å². The highest BCUT2D eigenvalue weighted by atomic mass is 32.2. The number of nitrogens with zero attached hydrogens (tertiary/aromatic N) is 3. The molecule has 1 saturated heterocycles. The molecule has 0 aliphatic carbocycles. The van der Waals surface area contributed by atoms with Crippen LogP contribution in [-0.4, -0.2) is 28.5 Å². The van der Waals surface area contributed by atoms with E-state index in [1.165, 1.54) is 12.3 Å². The van der Waals surface area contributed by atoms with Crippen molar-refractivity contribution in [2.75, 3.05) is 11.4 Å². The van der Waals surface area contributed by atoms with Crippen molar-refractivity contribution >= 4 is 23.5 Å². The van der Waals surface area contributed by atoms with Gasteiger partial charge in [-0.3, -0.25) is 4.79 Å². The number of carbonyl (C=O) groups excluding carboxylic acids is 1. The van der Waals surface area contributed by atoms with Crippen molar-refractivity contribution in [3.8, 4) is 0 Å². The second-order valence-corrected chi connectivity index (χ2v) is 8.69. The first-order valence-corrected chi connectivity index (χ1v) is 11.5. The number of piperidine rings is 1. The summed E-state index contributed by atoms with van der Waals surface area (Å²) in [6.07, 6.45) is -0.195. The van der Waals surface area contributed by atoms with Crippen LogP contribution in [0.1, 0.15) is 54.0 Å². The molecule has 33 heavy (non-hydrogen) atoms. The molecule has 0 aromatic carbocycles. The lowest BCUT2D eigenvalue weighted by molar-refractivity contribution is -0.141. The molecule has 1 aliphatic heterocycles. The van der Waals surface area contributed by atoms with Gasteiger partial charge in [0.25, 0.3) is 5.91 Å². The Kier molecular flexibility index (Phi) is 6.96. The first-order valence-electron chi connectivity index (χ1n) is 10.5. The number of alkyl halides is 3. The predicted octanol–water partition coefficient (Wildman–Crippen LogP) is 5.28. The van der Waals surface area contributed by atoms with Gasteiger partial charge in [-0.2, -0.15) is 13.2 Å². The van der Waals surface area contributed by atoms with E-state index in [0.29, 0.717) is 18.1 Å². The van der Waals surface area contributed by atoms with Crippen LogP contribution in [0.2, 0.25) is 0 Å². The van der Waals surface area contributed by atoms with Crippen LogP contribution in [-0.2, 0) is 18.5 Å². The molecule has 7 nitrogen and oxygen atoms in total. The number of hydrogen-bond acceptors (Lipinski definition) is 7. The monoisotopic (exact) mass is 480 g/mol. The molecule has 4 rings (SSSR count). The lowest BCUT2D eigenvalue weighted by Gasteiger charge is -2.34. The SMILES string of the molecule is CC1CCCCN1c1cc(C(F)(F)F)nc(SCc2ccc(C(=O)NCc3ccco3)o2)n1. The summed E-state index contributed by atoms with van der Waals surface area (Å²) >= 11 is 1.03. The van der Waals surface area contributed by atoms with Gasteiger partial charge < -0.3 is 19.1 Å². The molecule has 0 saturated carbocycles. The number of anilines is 1. The number of aromatic nitrogens is 2. The topological polar surface area (TPSA) is 84.4 Å². The number of thioether (sulfide) groups is 1. The van der Waals surface area contributed by atoms with E-state index in [1.807, 2.05) is 11.8 Å². The molecule has 1 unspecified atom stereocenters. The highest BCUT2D eigenvalue weighted by Gasteiger charge is 2.35. The third kappa shape index (κ3) is 5.89.